The van der Waals surface area contributed by atoms with E-state index in [1.54, 1.807) is 31.2 Å². The number of nitrogens with zero attached hydrogens (tertiary/aromatic N) is 1. The van der Waals surface area contributed by atoms with Crippen molar-refractivity contribution in [3.8, 4) is 0 Å². The van der Waals surface area contributed by atoms with E-state index in [0.29, 0.717) is 17.4 Å². The Balaban J connectivity index is 1.41. The SMILES string of the molecule is CCOC(=O)[C@H](c1ccccc1)N(NC(=O)O[C@@H]1C[C@@H]2CC[C@@]1(C)C2(C)C)C(=O)O[C@@H]1C[C@@H]2CC[C@@]1(C)C2(C)C. The normalized spacial score (nSPS) is 35.2. The van der Waals surface area contributed by atoms with Crippen LogP contribution in [0.15, 0.2) is 30.3 Å². The molecule has 4 saturated carbocycles. The Labute approximate surface area is 238 Å². The number of rotatable bonds is 6. The van der Waals surface area contributed by atoms with E-state index in [1.165, 1.54) is 0 Å². The second-order valence-corrected chi connectivity index (χ2v) is 14.0. The molecule has 0 unspecified atom stereocenters. The van der Waals surface area contributed by atoms with E-state index in [1.807, 2.05) is 6.07 Å². The number of fused-ring (bicyclic) bond motifs is 4. The highest BCUT2D eigenvalue weighted by Crippen LogP contribution is 2.67. The Kier molecular flexibility index (Phi) is 7.15. The summed E-state index contributed by atoms with van der Waals surface area (Å²) in [5.41, 5.74) is 2.88. The lowest BCUT2D eigenvalue weighted by atomic mass is 9.70. The van der Waals surface area contributed by atoms with Gasteiger partial charge in [-0.3, -0.25) is 0 Å². The zero-order chi connectivity index (χ0) is 29.1. The molecule has 40 heavy (non-hydrogen) atoms. The summed E-state index contributed by atoms with van der Waals surface area (Å²) in [6.45, 7) is 15.2. The number of carbonyl (C=O) groups excluding carboxylic acids is 3. The monoisotopic (exact) mass is 554 g/mol. The van der Waals surface area contributed by atoms with Gasteiger partial charge in [0.2, 0.25) is 0 Å². The van der Waals surface area contributed by atoms with Crippen molar-refractivity contribution >= 4 is 18.2 Å². The minimum Gasteiger partial charge on any atom is -0.464 e. The van der Waals surface area contributed by atoms with Crippen LogP contribution in [0.4, 0.5) is 9.59 Å². The molecule has 4 bridgehead atoms. The molecule has 0 heterocycles. The first-order chi connectivity index (χ1) is 18.8. The number of carbonyl (C=O) groups is 3. The van der Waals surface area contributed by atoms with Gasteiger partial charge >= 0.3 is 18.2 Å². The van der Waals surface area contributed by atoms with Gasteiger partial charge in [-0.05, 0) is 73.7 Å². The fraction of sp³-hybridized carbons (Fsp3) is 0.719. The van der Waals surface area contributed by atoms with Crippen molar-refractivity contribution in [2.45, 2.75) is 105 Å². The summed E-state index contributed by atoms with van der Waals surface area (Å²) in [6.07, 6.45) is 3.59. The predicted molar refractivity (Wildman–Crippen MR) is 150 cm³/mol. The molecule has 5 rings (SSSR count). The first-order valence-corrected chi connectivity index (χ1v) is 14.9. The van der Waals surface area contributed by atoms with Crippen molar-refractivity contribution in [3.63, 3.8) is 0 Å². The molecule has 1 aromatic carbocycles. The van der Waals surface area contributed by atoms with Crippen molar-refractivity contribution < 1.29 is 28.6 Å². The average molecular weight is 555 g/mol. The zero-order valence-electron chi connectivity index (χ0n) is 25.1. The summed E-state index contributed by atoms with van der Waals surface area (Å²) in [6, 6.07) is 7.62. The van der Waals surface area contributed by atoms with E-state index in [9.17, 15) is 14.4 Å². The van der Waals surface area contributed by atoms with Crippen molar-refractivity contribution in [2.75, 3.05) is 6.61 Å². The van der Waals surface area contributed by atoms with Crippen molar-refractivity contribution in [2.24, 2.45) is 33.5 Å². The van der Waals surface area contributed by atoms with E-state index >= 15 is 0 Å². The predicted octanol–water partition coefficient (Wildman–Crippen LogP) is 6.80. The number of esters is 1. The van der Waals surface area contributed by atoms with Gasteiger partial charge in [0.15, 0.2) is 6.04 Å². The molecule has 0 saturated heterocycles. The molecule has 8 heteroatoms. The van der Waals surface area contributed by atoms with Crippen LogP contribution in [0.25, 0.3) is 0 Å². The van der Waals surface area contributed by atoms with E-state index in [2.05, 4.69) is 47.0 Å². The second kappa shape index (κ2) is 9.95. The van der Waals surface area contributed by atoms with Gasteiger partial charge in [-0.2, -0.15) is 5.01 Å². The Hall–Kier alpha value is -2.77. The van der Waals surface area contributed by atoms with Crippen molar-refractivity contribution in [3.05, 3.63) is 35.9 Å². The van der Waals surface area contributed by atoms with Crippen LogP contribution in [0.1, 0.15) is 98.6 Å². The zero-order valence-corrected chi connectivity index (χ0v) is 25.1. The standard InChI is InChI=1S/C32H46N2O6/c1-8-38-26(35)25(20-12-10-9-11-13-20)34(28(37)40-24-19-22-15-17-32(24,7)30(22,4)5)33-27(36)39-23-18-21-14-16-31(23,6)29(21,2)3/h9-13,21-25H,8,14-19H2,1-7H3,(H,33,36)/t21-,22-,23+,24+,25-,31+,32+/m0/s1. The molecule has 0 aromatic heterocycles. The first kappa shape index (κ1) is 28.7. The third-order valence-electron chi connectivity index (χ3n) is 12.2. The number of benzene rings is 1. The van der Waals surface area contributed by atoms with Gasteiger partial charge in [-0.1, -0.05) is 71.9 Å². The first-order valence-electron chi connectivity index (χ1n) is 14.9. The van der Waals surface area contributed by atoms with E-state index in [0.717, 1.165) is 43.5 Å². The van der Waals surface area contributed by atoms with Gasteiger partial charge in [-0.25, -0.2) is 19.8 Å². The second-order valence-electron chi connectivity index (χ2n) is 14.0. The number of hydrazine groups is 1. The maximum absolute atomic E-state index is 13.9. The van der Waals surface area contributed by atoms with Gasteiger partial charge in [0.1, 0.15) is 12.2 Å². The van der Waals surface area contributed by atoms with Crippen LogP contribution in [-0.4, -0.2) is 42.0 Å². The molecule has 220 valence electrons. The summed E-state index contributed by atoms with van der Waals surface area (Å²) < 4.78 is 17.5. The average Bonchev–Trinajstić information content (AvgIpc) is 3.41. The van der Waals surface area contributed by atoms with Crippen LogP contribution in [0, 0.1) is 33.5 Å². The minimum atomic E-state index is -1.23. The number of nitrogens with one attached hydrogen (secondary N) is 1. The molecule has 7 atom stereocenters. The van der Waals surface area contributed by atoms with Crippen LogP contribution in [0.2, 0.25) is 0 Å². The van der Waals surface area contributed by atoms with Gasteiger partial charge in [0, 0.05) is 10.8 Å². The maximum Gasteiger partial charge on any atom is 0.430 e. The topological polar surface area (TPSA) is 94.2 Å². The lowest BCUT2D eigenvalue weighted by molar-refractivity contribution is -0.151. The van der Waals surface area contributed by atoms with Gasteiger partial charge in [-0.15, -0.1) is 0 Å². The summed E-state index contributed by atoms with van der Waals surface area (Å²) in [7, 11) is 0. The van der Waals surface area contributed by atoms with Crippen molar-refractivity contribution in [1.82, 2.24) is 10.4 Å². The maximum atomic E-state index is 13.9. The molecule has 0 radical (unpaired) electrons. The molecule has 0 aliphatic heterocycles. The molecule has 1 aromatic rings. The molecule has 4 fully saturated rings. The number of ether oxygens (including phenoxy) is 3. The number of hydrogen-bond acceptors (Lipinski definition) is 6. The lowest BCUT2D eigenvalue weighted by Crippen LogP contribution is -2.54. The highest BCUT2D eigenvalue weighted by Gasteiger charge is 2.64. The summed E-state index contributed by atoms with van der Waals surface area (Å²) in [5, 5.41) is 0.985. The number of amides is 2. The Morgan fingerprint density at radius 2 is 1.40 bits per heavy atom. The third kappa shape index (κ3) is 4.28. The van der Waals surface area contributed by atoms with E-state index < -0.39 is 24.2 Å². The molecular formula is C32H46N2O6. The number of hydrogen-bond donors (Lipinski definition) is 1. The molecule has 8 nitrogen and oxygen atoms in total. The molecule has 1 N–H and O–H groups in total. The lowest BCUT2D eigenvalue weighted by Gasteiger charge is -2.40. The van der Waals surface area contributed by atoms with E-state index in [4.69, 9.17) is 14.2 Å². The highest BCUT2D eigenvalue weighted by molar-refractivity contribution is 5.84. The fourth-order valence-electron chi connectivity index (χ4n) is 8.51. The van der Waals surface area contributed by atoms with Crippen LogP contribution in [0.5, 0.6) is 0 Å². The smallest absolute Gasteiger partial charge is 0.430 e. The Bertz CT molecular complexity index is 1150. The third-order valence-corrected chi connectivity index (χ3v) is 12.2. The quantitative estimate of drug-likeness (QED) is 0.236. The van der Waals surface area contributed by atoms with Crippen molar-refractivity contribution in [1.29, 1.82) is 0 Å². The molecule has 4 aliphatic rings. The molecule has 0 spiro atoms. The summed E-state index contributed by atoms with van der Waals surface area (Å²) in [5.74, 6) is 0.284. The summed E-state index contributed by atoms with van der Waals surface area (Å²) in [4.78, 5) is 40.7. The highest BCUT2D eigenvalue weighted by atomic mass is 16.6. The van der Waals surface area contributed by atoms with Crippen LogP contribution in [-0.2, 0) is 19.0 Å². The minimum absolute atomic E-state index is 0.0269. The van der Waals surface area contributed by atoms with Crippen LogP contribution < -0.4 is 5.43 Å². The molecule has 2 amide bonds. The van der Waals surface area contributed by atoms with Gasteiger partial charge in [0.05, 0.1) is 6.61 Å². The van der Waals surface area contributed by atoms with Gasteiger partial charge in [0.25, 0.3) is 0 Å². The summed E-state index contributed by atoms with van der Waals surface area (Å²) >= 11 is 0. The Morgan fingerprint density at radius 1 is 0.875 bits per heavy atom. The molecule has 4 aliphatic carbocycles. The molecular weight excluding hydrogens is 508 g/mol. The van der Waals surface area contributed by atoms with Crippen LogP contribution >= 0.6 is 0 Å². The van der Waals surface area contributed by atoms with Gasteiger partial charge < -0.3 is 14.2 Å². The fourth-order valence-corrected chi connectivity index (χ4v) is 8.51. The van der Waals surface area contributed by atoms with Crippen LogP contribution in [0.3, 0.4) is 0 Å². The largest absolute Gasteiger partial charge is 0.464 e. The Morgan fingerprint density at radius 3 is 1.85 bits per heavy atom. The van der Waals surface area contributed by atoms with E-state index in [-0.39, 0.29) is 40.5 Å².